The first-order chi connectivity index (χ1) is 12.4. The predicted molar refractivity (Wildman–Crippen MR) is 91.6 cm³/mol. The van der Waals surface area contributed by atoms with Crippen LogP contribution in [0.5, 0.6) is 0 Å². The topological polar surface area (TPSA) is 66.5 Å². The average molecular weight is 380 g/mol. The zero-order valence-electron chi connectivity index (χ0n) is 13.9. The second-order valence-corrected chi connectivity index (χ2v) is 7.93. The summed E-state index contributed by atoms with van der Waals surface area (Å²) in [4.78, 5) is 12.4. The molecule has 0 unspecified atom stereocenters. The molecule has 2 aromatic rings. The van der Waals surface area contributed by atoms with E-state index in [1.54, 1.807) is 18.2 Å². The fourth-order valence-corrected chi connectivity index (χ4v) is 4.63. The summed E-state index contributed by atoms with van der Waals surface area (Å²) in [5.74, 6) is -1.45. The monoisotopic (exact) mass is 380 g/mol. The van der Waals surface area contributed by atoms with Gasteiger partial charge in [-0.2, -0.15) is 4.31 Å². The van der Waals surface area contributed by atoms with Crippen LogP contribution in [0.25, 0.3) is 0 Å². The van der Waals surface area contributed by atoms with Crippen molar-refractivity contribution in [2.45, 2.75) is 30.3 Å². The minimum atomic E-state index is -3.91. The van der Waals surface area contributed by atoms with Gasteiger partial charge in [-0.25, -0.2) is 17.2 Å². The van der Waals surface area contributed by atoms with E-state index in [1.807, 2.05) is 0 Å². The Morgan fingerprint density at radius 1 is 1.12 bits per heavy atom. The van der Waals surface area contributed by atoms with Crippen molar-refractivity contribution in [1.82, 2.24) is 9.62 Å². The van der Waals surface area contributed by atoms with Crippen molar-refractivity contribution in [2.75, 3.05) is 6.54 Å². The Morgan fingerprint density at radius 3 is 2.50 bits per heavy atom. The third kappa shape index (κ3) is 3.76. The number of benzene rings is 2. The van der Waals surface area contributed by atoms with Crippen LogP contribution in [0.15, 0.2) is 53.4 Å². The van der Waals surface area contributed by atoms with Gasteiger partial charge in [-0.3, -0.25) is 4.79 Å². The van der Waals surface area contributed by atoms with Gasteiger partial charge in [0, 0.05) is 18.7 Å². The van der Waals surface area contributed by atoms with Crippen LogP contribution in [0.2, 0.25) is 0 Å². The number of carbonyl (C=O) groups is 1. The molecule has 0 aliphatic carbocycles. The summed E-state index contributed by atoms with van der Waals surface area (Å²) in [6.45, 7) is 0.184. The third-order valence-corrected chi connectivity index (χ3v) is 6.26. The molecular weight excluding hydrogens is 362 g/mol. The molecule has 138 valence electrons. The van der Waals surface area contributed by atoms with E-state index in [0.717, 1.165) is 16.4 Å². The van der Waals surface area contributed by atoms with Crippen LogP contribution in [0.4, 0.5) is 8.78 Å². The number of nitrogens with zero attached hydrogens (tertiary/aromatic N) is 1. The van der Waals surface area contributed by atoms with E-state index < -0.39 is 33.6 Å². The molecule has 0 bridgehead atoms. The lowest BCUT2D eigenvalue weighted by atomic mass is 10.2. The van der Waals surface area contributed by atoms with Crippen molar-refractivity contribution in [3.8, 4) is 0 Å². The molecule has 1 heterocycles. The highest BCUT2D eigenvalue weighted by Gasteiger charge is 2.39. The third-order valence-electron chi connectivity index (χ3n) is 4.34. The zero-order valence-corrected chi connectivity index (χ0v) is 14.7. The summed E-state index contributed by atoms with van der Waals surface area (Å²) in [5, 5.41) is 2.60. The first-order valence-corrected chi connectivity index (χ1v) is 9.62. The maximum Gasteiger partial charge on any atom is 0.243 e. The summed E-state index contributed by atoms with van der Waals surface area (Å²) in [6.07, 6.45) is 0.918. The molecule has 1 fully saturated rings. The number of carbonyl (C=O) groups excluding carboxylic acids is 1. The molecular formula is C18H18F2N2O3S. The summed E-state index contributed by atoms with van der Waals surface area (Å²) in [5.41, 5.74) is 0.326. The molecule has 1 aliphatic heterocycles. The second kappa shape index (κ2) is 7.51. The SMILES string of the molecule is O=C(NCc1ccccc1F)[C@@H]1CCCN1S(=O)(=O)c1ccc(F)cc1. The molecule has 1 amide bonds. The number of rotatable bonds is 5. The van der Waals surface area contributed by atoms with Gasteiger partial charge in [0.05, 0.1) is 4.90 Å². The van der Waals surface area contributed by atoms with E-state index in [2.05, 4.69) is 5.32 Å². The van der Waals surface area contributed by atoms with Gasteiger partial charge in [0.2, 0.25) is 15.9 Å². The van der Waals surface area contributed by atoms with Crippen LogP contribution >= 0.6 is 0 Å². The second-order valence-electron chi connectivity index (χ2n) is 6.04. The predicted octanol–water partition coefficient (Wildman–Crippen LogP) is 2.43. The smallest absolute Gasteiger partial charge is 0.243 e. The Morgan fingerprint density at radius 2 is 1.81 bits per heavy atom. The van der Waals surface area contributed by atoms with Crippen molar-refractivity contribution < 1.29 is 22.0 Å². The van der Waals surface area contributed by atoms with Gasteiger partial charge in [-0.15, -0.1) is 0 Å². The Labute approximate surface area is 150 Å². The van der Waals surface area contributed by atoms with E-state index in [4.69, 9.17) is 0 Å². The van der Waals surface area contributed by atoms with Gasteiger partial charge in [0.15, 0.2) is 0 Å². The largest absolute Gasteiger partial charge is 0.351 e. The molecule has 0 spiro atoms. The molecule has 5 nitrogen and oxygen atoms in total. The van der Waals surface area contributed by atoms with Gasteiger partial charge >= 0.3 is 0 Å². The lowest BCUT2D eigenvalue weighted by molar-refractivity contribution is -0.124. The van der Waals surface area contributed by atoms with Gasteiger partial charge in [-0.05, 0) is 43.2 Å². The molecule has 3 rings (SSSR count). The molecule has 2 aromatic carbocycles. The Kier molecular flexibility index (Phi) is 5.33. The highest BCUT2D eigenvalue weighted by atomic mass is 32.2. The molecule has 0 radical (unpaired) electrons. The Balaban J connectivity index is 1.74. The first-order valence-electron chi connectivity index (χ1n) is 8.18. The molecule has 1 saturated heterocycles. The highest BCUT2D eigenvalue weighted by molar-refractivity contribution is 7.89. The Hall–Kier alpha value is -2.32. The minimum Gasteiger partial charge on any atom is -0.351 e. The summed E-state index contributed by atoms with van der Waals surface area (Å²) >= 11 is 0. The summed E-state index contributed by atoms with van der Waals surface area (Å²) in [6, 6.07) is 9.68. The van der Waals surface area contributed by atoms with Gasteiger partial charge in [0.25, 0.3) is 0 Å². The Bertz CT molecular complexity index is 901. The number of halogens is 2. The molecule has 0 aromatic heterocycles. The molecule has 26 heavy (non-hydrogen) atoms. The number of amides is 1. The van der Waals surface area contributed by atoms with Crippen molar-refractivity contribution in [3.63, 3.8) is 0 Å². The molecule has 1 N–H and O–H groups in total. The summed E-state index contributed by atoms with van der Waals surface area (Å²) < 4.78 is 53.3. The molecule has 1 atom stereocenters. The van der Waals surface area contributed by atoms with Gasteiger partial charge < -0.3 is 5.32 Å². The molecule has 1 aliphatic rings. The van der Waals surface area contributed by atoms with Gasteiger partial charge in [0.1, 0.15) is 17.7 Å². The number of nitrogens with one attached hydrogen (secondary N) is 1. The van der Waals surface area contributed by atoms with Crippen LogP contribution in [-0.4, -0.2) is 31.2 Å². The lowest BCUT2D eigenvalue weighted by Crippen LogP contribution is -2.45. The van der Waals surface area contributed by atoms with Crippen LogP contribution in [0, 0.1) is 11.6 Å². The normalized spacial score (nSPS) is 18.0. The van der Waals surface area contributed by atoms with Crippen molar-refractivity contribution >= 4 is 15.9 Å². The number of hydrogen-bond acceptors (Lipinski definition) is 3. The van der Waals surface area contributed by atoms with Crippen LogP contribution in [-0.2, 0) is 21.4 Å². The zero-order chi connectivity index (χ0) is 18.7. The van der Waals surface area contributed by atoms with Crippen LogP contribution < -0.4 is 5.32 Å². The summed E-state index contributed by atoms with van der Waals surface area (Å²) in [7, 11) is -3.91. The maximum atomic E-state index is 13.6. The van der Waals surface area contributed by atoms with E-state index in [-0.39, 0.29) is 18.0 Å². The van der Waals surface area contributed by atoms with Gasteiger partial charge in [-0.1, -0.05) is 18.2 Å². The lowest BCUT2D eigenvalue weighted by Gasteiger charge is -2.23. The standard InChI is InChI=1S/C18H18F2N2O3S/c19-14-7-9-15(10-8-14)26(24,25)22-11-3-6-17(22)18(23)21-12-13-4-1-2-5-16(13)20/h1-2,4-5,7-10,17H,3,6,11-12H2,(H,21,23)/t17-/m0/s1. The number of hydrogen-bond donors (Lipinski definition) is 1. The highest BCUT2D eigenvalue weighted by Crippen LogP contribution is 2.26. The van der Waals surface area contributed by atoms with Crippen molar-refractivity contribution in [3.05, 3.63) is 65.7 Å². The first kappa shape index (κ1) is 18.5. The maximum absolute atomic E-state index is 13.6. The van der Waals surface area contributed by atoms with E-state index >= 15 is 0 Å². The van der Waals surface area contributed by atoms with E-state index in [1.165, 1.54) is 18.2 Å². The van der Waals surface area contributed by atoms with Crippen LogP contribution in [0.1, 0.15) is 18.4 Å². The minimum absolute atomic E-state index is 0.0214. The molecule has 8 heteroatoms. The average Bonchev–Trinajstić information content (AvgIpc) is 3.12. The van der Waals surface area contributed by atoms with Crippen LogP contribution in [0.3, 0.4) is 0 Å². The van der Waals surface area contributed by atoms with E-state index in [9.17, 15) is 22.0 Å². The molecule has 0 saturated carbocycles. The fourth-order valence-electron chi connectivity index (χ4n) is 2.97. The van der Waals surface area contributed by atoms with Crippen molar-refractivity contribution in [2.24, 2.45) is 0 Å². The quantitative estimate of drug-likeness (QED) is 0.866. The van der Waals surface area contributed by atoms with E-state index in [0.29, 0.717) is 18.4 Å². The fraction of sp³-hybridized carbons (Fsp3) is 0.278. The van der Waals surface area contributed by atoms with Crippen molar-refractivity contribution in [1.29, 1.82) is 0 Å². The number of sulfonamides is 1.